The second-order valence-electron chi connectivity index (χ2n) is 6.34. The van der Waals surface area contributed by atoms with E-state index in [1.54, 1.807) is 54.6 Å². The summed E-state index contributed by atoms with van der Waals surface area (Å²) in [5.74, 6) is -0.262. The number of amides is 1. The van der Waals surface area contributed by atoms with Crippen LogP contribution in [0.1, 0.15) is 28.8 Å². The van der Waals surface area contributed by atoms with Gasteiger partial charge in [0.05, 0.1) is 0 Å². The highest BCUT2D eigenvalue weighted by atomic mass is 16.6. The van der Waals surface area contributed by atoms with Gasteiger partial charge in [0.15, 0.2) is 12.2 Å². The van der Waals surface area contributed by atoms with Gasteiger partial charge in [-0.25, -0.2) is 9.59 Å². The lowest BCUT2D eigenvalue weighted by Crippen LogP contribution is -2.39. The molecule has 0 aromatic heterocycles. The van der Waals surface area contributed by atoms with E-state index in [1.807, 2.05) is 0 Å². The number of benzene rings is 2. The van der Waals surface area contributed by atoms with E-state index in [4.69, 9.17) is 20.6 Å². The number of nitrogens with one attached hydrogen (secondary N) is 1. The lowest BCUT2D eigenvalue weighted by molar-refractivity contribution is -0.152. The molecule has 3 N–H and O–H groups in total. The van der Waals surface area contributed by atoms with E-state index in [2.05, 4.69) is 0 Å². The summed E-state index contributed by atoms with van der Waals surface area (Å²) >= 11 is 0. The molecule has 8 nitrogen and oxygen atoms in total. The van der Waals surface area contributed by atoms with E-state index in [0.29, 0.717) is 36.3 Å². The highest BCUT2D eigenvalue weighted by molar-refractivity contribution is 5.99. The molecule has 0 saturated carbocycles. The van der Waals surface area contributed by atoms with Crippen LogP contribution in [0.4, 0.5) is 0 Å². The van der Waals surface area contributed by atoms with Gasteiger partial charge in [-0.3, -0.25) is 10.2 Å². The zero-order valence-corrected chi connectivity index (χ0v) is 15.5. The van der Waals surface area contributed by atoms with Crippen LogP contribution in [0.5, 0.6) is 5.75 Å². The lowest BCUT2D eigenvalue weighted by atomic mass is 10.1. The third kappa shape index (κ3) is 4.69. The third-order valence-corrected chi connectivity index (χ3v) is 4.39. The Morgan fingerprint density at radius 2 is 1.72 bits per heavy atom. The van der Waals surface area contributed by atoms with Crippen LogP contribution in [-0.2, 0) is 14.3 Å². The average molecular weight is 393 g/mol. The summed E-state index contributed by atoms with van der Waals surface area (Å²) in [4.78, 5) is 37.7. The van der Waals surface area contributed by atoms with Gasteiger partial charge in [0, 0.05) is 24.1 Å². The zero-order valence-electron chi connectivity index (χ0n) is 15.5. The quantitative estimate of drug-likeness (QED) is 0.193. The van der Waals surface area contributed by atoms with Crippen molar-refractivity contribution in [3.63, 3.8) is 0 Å². The predicted molar refractivity (Wildman–Crippen MR) is 104 cm³/mol. The van der Waals surface area contributed by atoms with E-state index in [-0.39, 0.29) is 11.7 Å². The normalized spacial score (nSPS) is 15.3. The lowest BCUT2D eigenvalue weighted by Gasteiger charge is -2.24. The largest absolute Gasteiger partial charge is 0.439 e. The fraction of sp³-hybridized carbons (Fsp3) is 0.190. The molecule has 148 valence electrons. The summed E-state index contributed by atoms with van der Waals surface area (Å²) in [6, 6.07) is 14.6. The predicted octanol–water partition coefficient (Wildman–Crippen LogP) is 1.87. The number of esters is 1. The van der Waals surface area contributed by atoms with Gasteiger partial charge >= 0.3 is 5.97 Å². The Morgan fingerprint density at radius 1 is 1.07 bits per heavy atom. The smallest absolute Gasteiger partial charge is 0.388 e. The molecule has 0 spiro atoms. The Morgan fingerprint density at radius 3 is 2.34 bits per heavy atom. The topological polar surface area (TPSA) is 123 Å². The highest BCUT2D eigenvalue weighted by Crippen LogP contribution is 2.23. The monoisotopic (exact) mass is 393 g/mol. The number of hydrogen-bond acceptors (Lipinski definition) is 6. The number of carbonyl (C=O) groups is 2. The summed E-state index contributed by atoms with van der Waals surface area (Å²) in [6.07, 6.45) is 0.278. The standard InChI is InChI=1S/C21H19N3O5/c22-19(23)14-8-10-15(11-9-14)20(26)24-12-4-7-18(24)29-21(27)17(13-25)28-16-5-2-1-3-6-16/h1-3,5-6,8-11,18H,4,7,12H2,(H3,22,23). The molecule has 8 heteroatoms. The molecular weight excluding hydrogens is 374 g/mol. The summed E-state index contributed by atoms with van der Waals surface area (Å²) in [5.41, 5.74) is 6.30. The first-order valence-electron chi connectivity index (χ1n) is 8.94. The minimum absolute atomic E-state index is 0.0939. The number of likely N-dealkylation sites (tertiary alicyclic amines) is 1. The average Bonchev–Trinajstić information content (AvgIpc) is 3.20. The molecule has 2 aromatic rings. The molecule has 1 unspecified atom stereocenters. The second-order valence-corrected chi connectivity index (χ2v) is 6.34. The van der Waals surface area contributed by atoms with Crippen LogP contribution in [0, 0.1) is 5.41 Å². The van der Waals surface area contributed by atoms with Crippen molar-refractivity contribution in [1.82, 2.24) is 4.90 Å². The number of nitrogens with zero attached hydrogens (tertiary/aromatic N) is 1. The Labute approximate surface area is 167 Å². The molecule has 29 heavy (non-hydrogen) atoms. The Bertz CT molecular complexity index is 966. The van der Waals surface area contributed by atoms with Gasteiger partial charge in [0.2, 0.25) is 0 Å². The third-order valence-electron chi connectivity index (χ3n) is 4.39. The van der Waals surface area contributed by atoms with Crippen LogP contribution in [0.15, 0.2) is 60.4 Å². The van der Waals surface area contributed by atoms with Gasteiger partial charge < -0.3 is 20.1 Å². The van der Waals surface area contributed by atoms with Crippen molar-refractivity contribution >= 4 is 23.7 Å². The molecule has 3 rings (SSSR count). The molecule has 1 saturated heterocycles. The van der Waals surface area contributed by atoms with Crippen LogP contribution in [0.3, 0.4) is 0 Å². The maximum Gasteiger partial charge on any atom is 0.388 e. The molecule has 2 aromatic carbocycles. The van der Waals surface area contributed by atoms with E-state index in [9.17, 15) is 14.4 Å². The summed E-state index contributed by atoms with van der Waals surface area (Å²) in [6.45, 7) is 0.408. The maximum atomic E-state index is 12.8. The maximum absolute atomic E-state index is 12.8. The number of rotatable bonds is 6. The van der Waals surface area contributed by atoms with E-state index in [1.165, 1.54) is 10.8 Å². The summed E-state index contributed by atoms with van der Waals surface area (Å²) < 4.78 is 10.6. The van der Waals surface area contributed by atoms with Gasteiger partial charge in [-0.2, -0.15) is 0 Å². The Kier molecular flexibility index (Phi) is 6.06. The summed E-state index contributed by atoms with van der Waals surface area (Å²) in [7, 11) is 0. The Balaban J connectivity index is 1.68. The first kappa shape index (κ1) is 19.9. The fourth-order valence-corrected chi connectivity index (χ4v) is 2.94. The van der Waals surface area contributed by atoms with Crippen molar-refractivity contribution in [2.24, 2.45) is 5.73 Å². The van der Waals surface area contributed by atoms with E-state index >= 15 is 0 Å². The molecule has 0 radical (unpaired) electrons. The van der Waals surface area contributed by atoms with Gasteiger partial charge in [0.25, 0.3) is 11.7 Å². The van der Waals surface area contributed by atoms with Crippen molar-refractivity contribution in [3.05, 3.63) is 71.5 Å². The number of ether oxygens (including phenoxy) is 2. The molecule has 1 aliphatic rings. The number of amidine groups is 1. The molecule has 1 atom stereocenters. The SMILES string of the molecule is N=C(N)c1ccc(C(=O)N2CCCC2OC(=O)C(=C=O)Oc2ccccc2)cc1. The van der Waals surface area contributed by atoms with Crippen molar-refractivity contribution in [3.8, 4) is 5.75 Å². The van der Waals surface area contributed by atoms with Crippen LogP contribution in [0.25, 0.3) is 0 Å². The molecule has 1 fully saturated rings. The first-order valence-corrected chi connectivity index (χ1v) is 8.94. The van der Waals surface area contributed by atoms with Gasteiger partial charge in [-0.05, 0) is 30.7 Å². The molecule has 1 aliphatic heterocycles. The van der Waals surface area contributed by atoms with Crippen LogP contribution in [-0.4, -0.2) is 41.3 Å². The molecular formula is C21H19N3O5. The van der Waals surface area contributed by atoms with Crippen LogP contribution in [0.2, 0.25) is 0 Å². The molecule has 0 aliphatic carbocycles. The fourth-order valence-electron chi connectivity index (χ4n) is 2.94. The summed E-state index contributed by atoms with van der Waals surface area (Å²) in [5, 5.41) is 7.41. The van der Waals surface area contributed by atoms with Crippen LogP contribution >= 0.6 is 0 Å². The van der Waals surface area contributed by atoms with Gasteiger partial charge in [-0.15, -0.1) is 0 Å². The molecule has 0 bridgehead atoms. The van der Waals surface area contributed by atoms with Crippen molar-refractivity contribution in [1.29, 1.82) is 5.41 Å². The number of hydrogen-bond donors (Lipinski definition) is 2. The zero-order chi connectivity index (χ0) is 20.8. The van der Waals surface area contributed by atoms with Gasteiger partial charge in [0.1, 0.15) is 11.6 Å². The first-order chi connectivity index (χ1) is 14.0. The minimum Gasteiger partial charge on any atom is -0.439 e. The minimum atomic E-state index is -0.986. The van der Waals surface area contributed by atoms with Crippen molar-refractivity contribution < 1.29 is 23.9 Å². The van der Waals surface area contributed by atoms with Crippen molar-refractivity contribution in [2.45, 2.75) is 19.1 Å². The number of nitrogen functional groups attached to an aromatic ring is 1. The highest BCUT2D eigenvalue weighted by Gasteiger charge is 2.33. The Hall–Kier alpha value is -3.90. The molecule has 1 heterocycles. The van der Waals surface area contributed by atoms with E-state index < -0.39 is 18.0 Å². The van der Waals surface area contributed by atoms with E-state index in [0.717, 1.165) is 0 Å². The number of nitrogens with two attached hydrogens (primary N) is 1. The van der Waals surface area contributed by atoms with Gasteiger partial charge in [-0.1, -0.05) is 30.3 Å². The van der Waals surface area contributed by atoms with Crippen molar-refractivity contribution in [2.75, 3.05) is 6.54 Å². The number of carbonyl (C=O) groups excluding carboxylic acids is 3. The molecule has 1 amide bonds. The number of para-hydroxylation sites is 1. The second kappa shape index (κ2) is 8.86. The van der Waals surface area contributed by atoms with Crippen LogP contribution < -0.4 is 10.5 Å².